The Morgan fingerprint density at radius 3 is 2.47 bits per heavy atom. The first-order chi connectivity index (χ1) is 15.3. The first-order valence-electron chi connectivity index (χ1n) is 9.91. The Balaban J connectivity index is 1.68. The van der Waals surface area contributed by atoms with E-state index in [1.807, 2.05) is 0 Å². The second kappa shape index (κ2) is 9.78. The topological polar surface area (TPSA) is 118 Å². The van der Waals surface area contributed by atoms with Gasteiger partial charge >= 0.3 is 17.8 Å². The van der Waals surface area contributed by atoms with E-state index in [2.05, 4.69) is 10.6 Å². The molecular weight excluding hydrogens is 414 g/mol. The quantitative estimate of drug-likeness (QED) is 0.407. The van der Waals surface area contributed by atoms with Gasteiger partial charge in [0.25, 0.3) is 5.91 Å². The standard InChI is InChI=1S/C23H23N3O6/c1-4-26-14(2)19(23(30)31-3)18(22(26)29)12-16-10-11-17(32-16)13-24-20(27)21(28)25-15-8-6-5-7-9-15/h5-12H,4,13H2,1-3H3,(H,24,27)(H,25,28)/b18-12+. The highest BCUT2D eigenvalue weighted by Gasteiger charge is 2.36. The molecule has 0 spiro atoms. The van der Waals surface area contributed by atoms with Crippen molar-refractivity contribution < 1.29 is 28.3 Å². The monoisotopic (exact) mass is 437 g/mol. The van der Waals surface area contributed by atoms with Crippen molar-refractivity contribution in [1.82, 2.24) is 10.2 Å². The zero-order valence-electron chi connectivity index (χ0n) is 17.9. The molecule has 32 heavy (non-hydrogen) atoms. The van der Waals surface area contributed by atoms with Gasteiger partial charge in [-0.2, -0.15) is 0 Å². The minimum atomic E-state index is -0.818. The van der Waals surface area contributed by atoms with Gasteiger partial charge in [-0.05, 0) is 44.2 Å². The van der Waals surface area contributed by atoms with Crippen LogP contribution in [0, 0.1) is 0 Å². The van der Waals surface area contributed by atoms with Gasteiger partial charge in [0.2, 0.25) is 0 Å². The van der Waals surface area contributed by atoms with E-state index in [1.165, 1.54) is 18.1 Å². The van der Waals surface area contributed by atoms with Crippen molar-refractivity contribution in [2.24, 2.45) is 0 Å². The van der Waals surface area contributed by atoms with Crippen LogP contribution in [0.2, 0.25) is 0 Å². The van der Waals surface area contributed by atoms with Crippen LogP contribution in [0.1, 0.15) is 25.4 Å². The van der Waals surface area contributed by atoms with E-state index in [1.54, 1.807) is 56.3 Å². The first kappa shape index (κ1) is 22.5. The summed E-state index contributed by atoms with van der Waals surface area (Å²) < 4.78 is 10.5. The summed E-state index contributed by atoms with van der Waals surface area (Å²) in [5, 5.41) is 4.96. The molecule has 0 unspecified atom stereocenters. The summed E-state index contributed by atoms with van der Waals surface area (Å²) in [7, 11) is 1.25. The fourth-order valence-electron chi connectivity index (χ4n) is 3.28. The summed E-state index contributed by atoms with van der Waals surface area (Å²) >= 11 is 0. The second-order valence-electron chi connectivity index (χ2n) is 6.87. The van der Waals surface area contributed by atoms with Crippen LogP contribution < -0.4 is 10.6 Å². The highest BCUT2D eigenvalue weighted by molar-refractivity contribution is 6.39. The fraction of sp³-hybridized carbons (Fsp3) is 0.217. The number of hydrogen-bond donors (Lipinski definition) is 2. The number of methoxy groups -OCH3 is 1. The van der Waals surface area contributed by atoms with Crippen molar-refractivity contribution in [2.45, 2.75) is 20.4 Å². The fourth-order valence-corrected chi connectivity index (χ4v) is 3.28. The van der Waals surface area contributed by atoms with Crippen molar-refractivity contribution in [3.05, 3.63) is 70.8 Å². The Bertz CT molecular complexity index is 1110. The normalized spacial score (nSPS) is 14.7. The number of ether oxygens (including phenoxy) is 1. The first-order valence-corrected chi connectivity index (χ1v) is 9.91. The number of benzene rings is 1. The number of likely N-dealkylation sites (N-methyl/N-ethyl adjacent to an activating group) is 1. The van der Waals surface area contributed by atoms with Crippen molar-refractivity contribution in [2.75, 3.05) is 19.0 Å². The number of anilines is 1. The summed E-state index contributed by atoms with van der Waals surface area (Å²) in [5.74, 6) is -1.86. The van der Waals surface area contributed by atoms with Gasteiger partial charge in [0.15, 0.2) is 0 Å². The molecule has 166 valence electrons. The number of allylic oxidation sites excluding steroid dienone is 1. The Hall–Kier alpha value is -4.14. The molecule has 0 fully saturated rings. The van der Waals surface area contributed by atoms with Gasteiger partial charge in [0, 0.05) is 17.9 Å². The second-order valence-corrected chi connectivity index (χ2v) is 6.87. The summed E-state index contributed by atoms with van der Waals surface area (Å²) in [5.41, 5.74) is 1.37. The average Bonchev–Trinajstić information content (AvgIpc) is 3.34. The molecule has 2 aromatic rings. The van der Waals surface area contributed by atoms with Crippen molar-refractivity contribution in [3.8, 4) is 0 Å². The van der Waals surface area contributed by atoms with Crippen LogP contribution in [0.4, 0.5) is 5.69 Å². The summed E-state index contributed by atoms with van der Waals surface area (Å²) in [6.07, 6.45) is 1.46. The maximum absolute atomic E-state index is 12.7. The number of para-hydroxylation sites is 1. The van der Waals surface area contributed by atoms with E-state index in [0.29, 0.717) is 29.4 Å². The molecule has 3 amide bonds. The Morgan fingerprint density at radius 1 is 1.09 bits per heavy atom. The molecule has 1 aromatic carbocycles. The maximum atomic E-state index is 12.7. The van der Waals surface area contributed by atoms with E-state index < -0.39 is 17.8 Å². The smallest absolute Gasteiger partial charge is 0.340 e. The van der Waals surface area contributed by atoms with Gasteiger partial charge in [-0.1, -0.05) is 18.2 Å². The van der Waals surface area contributed by atoms with E-state index in [-0.39, 0.29) is 23.6 Å². The lowest BCUT2D eigenvalue weighted by atomic mass is 10.1. The SMILES string of the molecule is CCN1C(=O)/C(=C/c2ccc(CNC(=O)C(=O)Nc3ccccc3)o2)C(C(=O)OC)=C1C. The van der Waals surface area contributed by atoms with Crippen molar-refractivity contribution in [1.29, 1.82) is 0 Å². The van der Waals surface area contributed by atoms with E-state index in [0.717, 1.165) is 0 Å². The van der Waals surface area contributed by atoms with E-state index in [4.69, 9.17) is 9.15 Å². The third-order valence-electron chi connectivity index (χ3n) is 4.85. The number of nitrogens with zero attached hydrogens (tertiary/aromatic N) is 1. The van der Waals surface area contributed by atoms with Crippen LogP contribution in [-0.2, 0) is 30.5 Å². The van der Waals surface area contributed by atoms with Gasteiger partial charge in [-0.15, -0.1) is 0 Å². The zero-order chi connectivity index (χ0) is 23.3. The molecule has 0 saturated heterocycles. The number of hydrogen-bond acceptors (Lipinski definition) is 6. The summed E-state index contributed by atoms with van der Waals surface area (Å²) in [4.78, 5) is 50.4. The molecule has 0 bridgehead atoms. The number of furan rings is 1. The molecule has 0 atom stereocenters. The third-order valence-corrected chi connectivity index (χ3v) is 4.85. The van der Waals surface area contributed by atoms with Crippen LogP contribution in [0.25, 0.3) is 6.08 Å². The van der Waals surface area contributed by atoms with Crippen LogP contribution in [0.15, 0.2) is 63.7 Å². The van der Waals surface area contributed by atoms with E-state index in [9.17, 15) is 19.2 Å². The molecule has 2 N–H and O–H groups in total. The number of carbonyl (C=O) groups is 4. The Labute approximate surface area is 184 Å². The van der Waals surface area contributed by atoms with Gasteiger partial charge in [0.1, 0.15) is 11.5 Å². The molecule has 1 aliphatic rings. The molecule has 9 heteroatoms. The summed E-state index contributed by atoms with van der Waals surface area (Å²) in [6, 6.07) is 11.8. The van der Waals surface area contributed by atoms with Gasteiger partial charge < -0.3 is 24.7 Å². The molecule has 0 saturated carbocycles. The molecule has 0 radical (unpaired) electrons. The molecule has 1 aromatic heterocycles. The third kappa shape index (κ3) is 4.77. The molecule has 2 heterocycles. The molecule has 0 aliphatic carbocycles. The van der Waals surface area contributed by atoms with Gasteiger partial charge in [-0.3, -0.25) is 14.4 Å². The lowest BCUT2D eigenvalue weighted by Gasteiger charge is -2.14. The minimum absolute atomic E-state index is 0.0298. The number of carbonyl (C=O) groups excluding carboxylic acids is 4. The largest absolute Gasteiger partial charge is 0.465 e. The predicted molar refractivity (Wildman–Crippen MR) is 116 cm³/mol. The van der Waals surface area contributed by atoms with Crippen molar-refractivity contribution in [3.63, 3.8) is 0 Å². The average molecular weight is 437 g/mol. The van der Waals surface area contributed by atoms with Crippen LogP contribution in [0.3, 0.4) is 0 Å². The van der Waals surface area contributed by atoms with Crippen LogP contribution in [-0.4, -0.2) is 42.2 Å². The number of esters is 1. The van der Waals surface area contributed by atoms with Crippen molar-refractivity contribution >= 4 is 35.5 Å². The predicted octanol–water partition coefficient (Wildman–Crippen LogP) is 2.23. The highest BCUT2D eigenvalue weighted by atomic mass is 16.5. The van der Waals surface area contributed by atoms with Gasteiger partial charge in [0.05, 0.1) is 24.8 Å². The lowest BCUT2D eigenvalue weighted by Crippen LogP contribution is -2.34. The minimum Gasteiger partial charge on any atom is -0.465 e. The molecule has 9 nitrogen and oxygen atoms in total. The molecule has 1 aliphatic heterocycles. The lowest BCUT2D eigenvalue weighted by molar-refractivity contribution is -0.136. The highest BCUT2D eigenvalue weighted by Crippen LogP contribution is 2.31. The Morgan fingerprint density at radius 2 is 1.81 bits per heavy atom. The number of nitrogens with one attached hydrogen (secondary N) is 2. The summed E-state index contributed by atoms with van der Waals surface area (Å²) in [6.45, 7) is 3.86. The molecular formula is C23H23N3O6. The van der Waals surface area contributed by atoms with Gasteiger partial charge in [-0.25, -0.2) is 4.79 Å². The Kier molecular flexibility index (Phi) is 6.89. The van der Waals surface area contributed by atoms with Crippen LogP contribution >= 0.6 is 0 Å². The maximum Gasteiger partial charge on any atom is 0.340 e. The zero-order valence-corrected chi connectivity index (χ0v) is 17.9. The van der Waals surface area contributed by atoms with E-state index >= 15 is 0 Å². The number of rotatable bonds is 6. The van der Waals surface area contributed by atoms with Crippen LogP contribution in [0.5, 0.6) is 0 Å². The number of amides is 3. The molecule has 3 rings (SSSR count).